The van der Waals surface area contributed by atoms with Crippen molar-refractivity contribution in [1.82, 2.24) is 9.55 Å². The average Bonchev–Trinajstić information content (AvgIpc) is 2.76. The Kier molecular flexibility index (Phi) is 2.13. The normalized spacial score (nSPS) is 21.2. The van der Waals surface area contributed by atoms with Crippen molar-refractivity contribution in [3.8, 4) is 0 Å². The zero-order chi connectivity index (χ0) is 8.39. The maximum absolute atomic E-state index is 5.16. The molecule has 0 aliphatic carbocycles. The first-order chi connectivity index (χ1) is 5.90. The van der Waals surface area contributed by atoms with Gasteiger partial charge in [0.15, 0.2) is 0 Å². The molecule has 3 nitrogen and oxygen atoms in total. The van der Waals surface area contributed by atoms with Crippen molar-refractivity contribution in [2.24, 2.45) is 0 Å². The molecule has 1 unspecified atom stereocenters. The molecule has 1 aromatic heterocycles. The second-order valence-electron chi connectivity index (χ2n) is 3.20. The Morgan fingerprint density at radius 2 is 2.58 bits per heavy atom. The smallest absolute Gasteiger partial charge is 0.111 e. The fourth-order valence-electron chi connectivity index (χ4n) is 1.36. The van der Waals surface area contributed by atoms with Gasteiger partial charge in [0.05, 0.1) is 12.7 Å². The van der Waals surface area contributed by atoms with Gasteiger partial charge in [0, 0.05) is 25.4 Å². The summed E-state index contributed by atoms with van der Waals surface area (Å²) in [5.41, 5.74) is 0. The second kappa shape index (κ2) is 3.27. The Morgan fingerprint density at radius 1 is 1.75 bits per heavy atom. The van der Waals surface area contributed by atoms with E-state index in [4.69, 9.17) is 4.74 Å². The van der Waals surface area contributed by atoms with Gasteiger partial charge in [-0.15, -0.1) is 0 Å². The molecule has 0 aromatic carbocycles. The lowest BCUT2D eigenvalue weighted by Crippen LogP contribution is -2.05. The van der Waals surface area contributed by atoms with Crippen LogP contribution in [0.25, 0.3) is 0 Å². The number of rotatable bonds is 4. The van der Waals surface area contributed by atoms with Crippen molar-refractivity contribution >= 4 is 0 Å². The lowest BCUT2D eigenvalue weighted by Gasteiger charge is -2.03. The topological polar surface area (TPSA) is 30.4 Å². The van der Waals surface area contributed by atoms with E-state index >= 15 is 0 Å². The molecule has 1 aliphatic heterocycles. The average molecular weight is 166 g/mol. The highest BCUT2D eigenvalue weighted by molar-refractivity contribution is 4.96. The van der Waals surface area contributed by atoms with E-state index in [0.29, 0.717) is 6.10 Å². The second-order valence-corrected chi connectivity index (χ2v) is 3.20. The summed E-state index contributed by atoms with van der Waals surface area (Å²) in [5, 5.41) is 0. The molecule has 1 saturated heterocycles. The lowest BCUT2D eigenvalue weighted by atomic mass is 10.3. The molecule has 0 N–H and O–H groups in total. The number of aromatic nitrogens is 2. The van der Waals surface area contributed by atoms with E-state index in [1.165, 1.54) is 5.82 Å². The third-order valence-electron chi connectivity index (χ3n) is 2.08. The summed E-state index contributed by atoms with van der Waals surface area (Å²) in [5.74, 6) is 1.17. The molecule has 0 spiro atoms. The third-order valence-corrected chi connectivity index (χ3v) is 2.08. The number of imidazole rings is 1. The van der Waals surface area contributed by atoms with Crippen molar-refractivity contribution in [2.75, 3.05) is 6.61 Å². The predicted octanol–water partition coefficient (Wildman–Crippen LogP) is 1.23. The van der Waals surface area contributed by atoms with Crippen LogP contribution in [-0.2, 0) is 17.7 Å². The van der Waals surface area contributed by atoms with Crippen LogP contribution in [0.1, 0.15) is 19.2 Å². The first-order valence-electron chi connectivity index (χ1n) is 4.51. The molecule has 0 radical (unpaired) electrons. The first kappa shape index (κ1) is 7.80. The van der Waals surface area contributed by atoms with Gasteiger partial charge in [0.1, 0.15) is 5.82 Å². The van der Waals surface area contributed by atoms with Crippen LogP contribution in [0.2, 0.25) is 0 Å². The maximum atomic E-state index is 5.16. The van der Waals surface area contributed by atoms with Crippen LogP contribution in [0.5, 0.6) is 0 Å². The molecule has 1 atom stereocenters. The summed E-state index contributed by atoms with van der Waals surface area (Å²) < 4.78 is 7.37. The summed E-state index contributed by atoms with van der Waals surface area (Å²) in [6, 6.07) is 0. The van der Waals surface area contributed by atoms with Gasteiger partial charge in [-0.25, -0.2) is 4.98 Å². The van der Waals surface area contributed by atoms with Gasteiger partial charge in [0.25, 0.3) is 0 Å². The lowest BCUT2D eigenvalue weighted by molar-refractivity contribution is 0.401. The molecular formula is C9H14N2O. The quantitative estimate of drug-likeness (QED) is 0.630. The van der Waals surface area contributed by atoms with E-state index in [0.717, 1.165) is 26.0 Å². The molecule has 0 amide bonds. The van der Waals surface area contributed by atoms with Gasteiger partial charge < -0.3 is 9.30 Å². The molecule has 2 heterocycles. The number of epoxide rings is 1. The van der Waals surface area contributed by atoms with Gasteiger partial charge >= 0.3 is 0 Å². The maximum Gasteiger partial charge on any atom is 0.111 e. The van der Waals surface area contributed by atoms with Crippen LogP contribution in [0, 0.1) is 0 Å². The zero-order valence-corrected chi connectivity index (χ0v) is 7.36. The van der Waals surface area contributed by atoms with Gasteiger partial charge in [-0.1, -0.05) is 6.92 Å². The number of ether oxygens (including phenoxy) is 1. The first-order valence-corrected chi connectivity index (χ1v) is 4.51. The summed E-state index contributed by atoms with van der Waals surface area (Å²) >= 11 is 0. The van der Waals surface area contributed by atoms with Crippen LogP contribution < -0.4 is 0 Å². The van der Waals surface area contributed by atoms with Crippen LogP contribution in [0.15, 0.2) is 12.4 Å². The van der Waals surface area contributed by atoms with Crippen molar-refractivity contribution in [3.05, 3.63) is 18.2 Å². The predicted molar refractivity (Wildman–Crippen MR) is 46.0 cm³/mol. The minimum absolute atomic E-state index is 0.447. The van der Waals surface area contributed by atoms with E-state index in [2.05, 4.69) is 16.5 Å². The minimum atomic E-state index is 0.447. The molecule has 66 valence electrons. The molecule has 1 aliphatic rings. The van der Waals surface area contributed by atoms with E-state index in [1.807, 2.05) is 12.4 Å². The summed E-state index contributed by atoms with van der Waals surface area (Å²) in [6.07, 6.45) is 6.50. The summed E-state index contributed by atoms with van der Waals surface area (Å²) in [4.78, 5) is 4.30. The molecule has 1 aromatic rings. The van der Waals surface area contributed by atoms with E-state index < -0.39 is 0 Å². The van der Waals surface area contributed by atoms with Gasteiger partial charge in [-0.3, -0.25) is 0 Å². The molecule has 1 fully saturated rings. The van der Waals surface area contributed by atoms with Crippen molar-refractivity contribution < 1.29 is 4.74 Å². The molecule has 2 rings (SSSR count). The molecular weight excluding hydrogens is 152 g/mol. The van der Waals surface area contributed by atoms with E-state index in [-0.39, 0.29) is 0 Å². The summed E-state index contributed by atoms with van der Waals surface area (Å²) in [6.45, 7) is 4.17. The standard InChI is InChI=1S/C9H14N2O/c1-2-4-11-5-3-10-9(11)6-8-7-12-8/h3,5,8H,2,4,6-7H2,1H3. The minimum Gasteiger partial charge on any atom is -0.373 e. The molecule has 0 bridgehead atoms. The van der Waals surface area contributed by atoms with Crippen molar-refractivity contribution in [3.63, 3.8) is 0 Å². The highest BCUT2D eigenvalue weighted by Gasteiger charge is 2.24. The Balaban J connectivity index is 2.01. The number of hydrogen-bond donors (Lipinski definition) is 0. The Hall–Kier alpha value is -0.830. The zero-order valence-electron chi connectivity index (χ0n) is 7.36. The van der Waals surface area contributed by atoms with Gasteiger partial charge in [-0.2, -0.15) is 0 Å². The Labute approximate surface area is 72.4 Å². The molecule has 3 heteroatoms. The highest BCUT2D eigenvalue weighted by Crippen LogP contribution is 2.14. The monoisotopic (exact) mass is 166 g/mol. The van der Waals surface area contributed by atoms with E-state index in [1.54, 1.807) is 0 Å². The fraction of sp³-hybridized carbons (Fsp3) is 0.667. The van der Waals surface area contributed by atoms with Crippen LogP contribution in [0.3, 0.4) is 0 Å². The van der Waals surface area contributed by atoms with Gasteiger partial charge in [-0.05, 0) is 6.42 Å². The number of aryl methyl sites for hydroxylation is 1. The SMILES string of the molecule is CCCn1ccnc1CC1CO1. The highest BCUT2D eigenvalue weighted by atomic mass is 16.6. The molecule has 12 heavy (non-hydrogen) atoms. The number of nitrogens with zero attached hydrogens (tertiary/aromatic N) is 2. The van der Waals surface area contributed by atoms with E-state index in [9.17, 15) is 0 Å². The van der Waals surface area contributed by atoms with Crippen LogP contribution >= 0.6 is 0 Å². The van der Waals surface area contributed by atoms with Crippen molar-refractivity contribution in [2.45, 2.75) is 32.4 Å². The largest absolute Gasteiger partial charge is 0.373 e. The van der Waals surface area contributed by atoms with Crippen LogP contribution in [-0.4, -0.2) is 22.3 Å². The van der Waals surface area contributed by atoms with Gasteiger partial charge in [0.2, 0.25) is 0 Å². The molecule has 0 saturated carbocycles. The Bertz CT molecular complexity index is 253. The van der Waals surface area contributed by atoms with Crippen molar-refractivity contribution in [1.29, 1.82) is 0 Å². The Morgan fingerprint density at radius 3 is 3.25 bits per heavy atom. The van der Waals surface area contributed by atoms with Crippen LogP contribution in [0.4, 0.5) is 0 Å². The third kappa shape index (κ3) is 1.67. The fourth-order valence-corrected chi connectivity index (χ4v) is 1.36. The number of hydrogen-bond acceptors (Lipinski definition) is 2. The summed E-state index contributed by atoms with van der Waals surface area (Å²) in [7, 11) is 0.